The number of carbonyl (C=O) groups is 3. The molecule has 0 aliphatic heterocycles. The van der Waals surface area contributed by atoms with Crippen molar-refractivity contribution in [3.05, 3.63) is 85.0 Å². The van der Waals surface area contributed by atoms with Crippen LogP contribution < -0.4 is 9.47 Å². The van der Waals surface area contributed by atoms with Crippen LogP contribution in [0, 0.1) is 0 Å². The van der Waals surface area contributed by atoms with Gasteiger partial charge in [-0.25, -0.2) is 9.59 Å². The third-order valence-corrected chi connectivity index (χ3v) is 5.58. The van der Waals surface area contributed by atoms with Gasteiger partial charge in [-0.15, -0.1) is 0 Å². The van der Waals surface area contributed by atoms with Crippen LogP contribution in [0.15, 0.2) is 73.8 Å². The van der Waals surface area contributed by atoms with Crippen LogP contribution in [0.4, 0.5) is 0 Å². The number of esters is 2. The molecule has 4 atom stereocenters. The van der Waals surface area contributed by atoms with Crippen molar-refractivity contribution in [3.63, 3.8) is 0 Å². The predicted octanol–water partition coefficient (Wildman–Crippen LogP) is 3.10. The summed E-state index contributed by atoms with van der Waals surface area (Å²) in [6.07, 6.45) is 0.0956. The van der Waals surface area contributed by atoms with E-state index >= 15 is 0 Å². The molecule has 2 rings (SSSR count). The minimum Gasteiger partial charge on any atom is -0.490 e. The van der Waals surface area contributed by atoms with Gasteiger partial charge in [0.15, 0.2) is 5.78 Å². The van der Waals surface area contributed by atoms with Crippen molar-refractivity contribution in [2.45, 2.75) is 37.9 Å². The smallest absolute Gasteiger partial charge is 0.330 e. The van der Waals surface area contributed by atoms with E-state index in [1.807, 2.05) is 0 Å². The molecule has 2 N–H and O–H groups in total. The fourth-order valence-electron chi connectivity index (χ4n) is 3.82. The van der Waals surface area contributed by atoms with Gasteiger partial charge < -0.3 is 29.2 Å². The van der Waals surface area contributed by atoms with E-state index in [0.717, 1.165) is 12.2 Å². The number of benzene rings is 2. The zero-order valence-electron chi connectivity index (χ0n) is 21.6. The molecule has 2 aromatic carbocycles. The molecule has 0 amide bonds. The molecule has 204 valence electrons. The van der Waals surface area contributed by atoms with Crippen molar-refractivity contribution < 1.29 is 43.5 Å². The molecule has 0 aliphatic rings. The van der Waals surface area contributed by atoms with E-state index in [9.17, 15) is 24.6 Å². The zero-order chi connectivity index (χ0) is 28.1. The Balaban J connectivity index is 2.09. The highest BCUT2D eigenvalue weighted by molar-refractivity contribution is 5.93. The third-order valence-electron chi connectivity index (χ3n) is 5.58. The average molecular weight is 527 g/mol. The summed E-state index contributed by atoms with van der Waals surface area (Å²) in [6, 6.07) is 13.3. The molecule has 0 radical (unpaired) electrons. The van der Waals surface area contributed by atoms with Gasteiger partial charge in [0.1, 0.15) is 37.9 Å². The molecule has 0 saturated carbocycles. The second-order valence-corrected chi connectivity index (χ2v) is 8.42. The fourth-order valence-corrected chi connectivity index (χ4v) is 3.82. The van der Waals surface area contributed by atoms with Gasteiger partial charge in [0, 0.05) is 12.2 Å². The first-order chi connectivity index (χ1) is 18.2. The number of aliphatic hydroxyl groups excluding tert-OH is 2. The highest BCUT2D eigenvalue weighted by Gasteiger charge is 2.35. The van der Waals surface area contributed by atoms with Crippen LogP contribution in [0.25, 0.3) is 0 Å². The SMILES string of the molecule is C=CC(=O)OCCOc1ccc(C(C(=O)C(c2ccc(OCCOC(=O)C=C)cc2)C(C)O)C(C)O)cc1. The molecular weight excluding hydrogens is 492 g/mol. The van der Waals surface area contributed by atoms with Crippen molar-refractivity contribution in [2.75, 3.05) is 26.4 Å². The molecule has 9 nitrogen and oxygen atoms in total. The zero-order valence-corrected chi connectivity index (χ0v) is 21.6. The number of aliphatic hydroxyl groups is 2. The van der Waals surface area contributed by atoms with Crippen LogP contribution in [0.1, 0.15) is 36.8 Å². The molecule has 0 saturated heterocycles. The molecule has 38 heavy (non-hydrogen) atoms. The Labute approximate surface area is 222 Å². The number of rotatable bonds is 16. The van der Waals surface area contributed by atoms with E-state index in [-0.39, 0.29) is 32.2 Å². The first kappa shape index (κ1) is 30.3. The van der Waals surface area contributed by atoms with Crippen LogP contribution in [0.3, 0.4) is 0 Å². The Morgan fingerprint density at radius 1 is 0.684 bits per heavy atom. The summed E-state index contributed by atoms with van der Waals surface area (Å²) in [7, 11) is 0. The normalized spacial score (nSPS) is 13.8. The first-order valence-electron chi connectivity index (χ1n) is 12.1. The van der Waals surface area contributed by atoms with E-state index in [4.69, 9.17) is 18.9 Å². The molecule has 2 aromatic rings. The maximum Gasteiger partial charge on any atom is 0.330 e. The third kappa shape index (κ3) is 9.17. The van der Waals surface area contributed by atoms with Gasteiger partial charge in [-0.3, -0.25) is 4.79 Å². The van der Waals surface area contributed by atoms with Gasteiger partial charge in [0.05, 0.1) is 24.0 Å². The number of Topliss-reactive ketones (excluding diaryl/α,β-unsaturated/α-hetero) is 1. The predicted molar refractivity (Wildman–Crippen MR) is 140 cm³/mol. The Morgan fingerprint density at radius 2 is 1.03 bits per heavy atom. The topological polar surface area (TPSA) is 129 Å². The standard InChI is InChI=1S/C29H34O9/c1-5-25(32)37-17-15-35-23-11-7-21(8-12-23)27(19(3)30)29(34)28(20(4)31)22-9-13-24(14-10-22)36-16-18-38-26(33)6-2/h5-14,19-20,27-28,30-31H,1-2,15-18H2,3-4H3. The average Bonchev–Trinajstić information content (AvgIpc) is 2.90. The van der Waals surface area contributed by atoms with Crippen molar-refractivity contribution in [1.82, 2.24) is 0 Å². The molecule has 4 unspecified atom stereocenters. The Kier molecular flexibility index (Phi) is 12.2. The van der Waals surface area contributed by atoms with E-state index < -0.39 is 36.0 Å². The minimum atomic E-state index is -1.02. The maximum atomic E-state index is 13.6. The highest BCUT2D eigenvalue weighted by atomic mass is 16.6. The molecule has 0 aromatic heterocycles. The molecule has 9 heteroatoms. The van der Waals surface area contributed by atoms with Gasteiger partial charge in [-0.1, -0.05) is 37.4 Å². The number of hydrogen-bond donors (Lipinski definition) is 2. The summed E-state index contributed by atoms with van der Waals surface area (Å²) in [5.74, 6) is -2.21. The van der Waals surface area contributed by atoms with Gasteiger partial charge >= 0.3 is 11.9 Å². The van der Waals surface area contributed by atoms with E-state index in [1.165, 1.54) is 13.8 Å². The van der Waals surface area contributed by atoms with Crippen molar-refractivity contribution in [3.8, 4) is 11.5 Å². The summed E-state index contributed by atoms with van der Waals surface area (Å²) >= 11 is 0. The number of carbonyl (C=O) groups excluding carboxylic acids is 3. The second kappa shape index (κ2) is 15.3. The van der Waals surface area contributed by atoms with Crippen molar-refractivity contribution in [2.24, 2.45) is 0 Å². The Morgan fingerprint density at radius 3 is 1.32 bits per heavy atom. The summed E-state index contributed by atoms with van der Waals surface area (Å²) in [4.78, 5) is 35.8. The van der Waals surface area contributed by atoms with Crippen LogP contribution >= 0.6 is 0 Å². The van der Waals surface area contributed by atoms with Crippen LogP contribution in [0.5, 0.6) is 11.5 Å². The maximum absolute atomic E-state index is 13.6. The minimum absolute atomic E-state index is 0.0596. The lowest BCUT2D eigenvalue weighted by Gasteiger charge is -2.27. The van der Waals surface area contributed by atoms with Gasteiger partial charge in [-0.05, 0) is 49.2 Å². The summed E-state index contributed by atoms with van der Waals surface area (Å²) in [5.41, 5.74) is 1.13. The lowest BCUT2D eigenvalue weighted by molar-refractivity contribution is -0.139. The summed E-state index contributed by atoms with van der Waals surface area (Å²) < 4.78 is 20.8. The molecule has 0 heterocycles. The first-order valence-corrected chi connectivity index (χ1v) is 12.1. The van der Waals surface area contributed by atoms with Crippen molar-refractivity contribution >= 4 is 17.7 Å². The quantitative estimate of drug-likeness (QED) is 0.193. The number of hydrogen-bond acceptors (Lipinski definition) is 9. The number of ether oxygens (including phenoxy) is 4. The van der Waals surface area contributed by atoms with Crippen LogP contribution in [-0.2, 0) is 23.9 Å². The second-order valence-electron chi connectivity index (χ2n) is 8.42. The van der Waals surface area contributed by atoms with Crippen LogP contribution in [-0.4, -0.2) is 66.6 Å². The monoisotopic (exact) mass is 526 g/mol. The molecular formula is C29H34O9. The highest BCUT2D eigenvalue weighted by Crippen LogP contribution is 2.33. The Bertz CT molecular complexity index is 987. The lowest BCUT2D eigenvalue weighted by atomic mass is 9.79. The lowest BCUT2D eigenvalue weighted by Crippen LogP contribution is -2.33. The van der Waals surface area contributed by atoms with Crippen LogP contribution in [0.2, 0.25) is 0 Å². The molecule has 0 spiro atoms. The Hall–Kier alpha value is -3.95. The van der Waals surface area contributed by atoms with Gasteiger partial charge in [-0.2, -0.15) is 0 Å². The van der Waals surface area contributed by atoms with Gasteiger partial charge in [0.25, 0.3) is 0 Å². The molecule has 0 bridgehead atoms. The summed E-state index contributed by atoms with van der Waals surface area (Å²) in [5, 5.41) is 21.0. The van der Waals surface area contributed by atoms with Crippen molar-refractivity contribution in [1.29, 1.82) is 0 Å². The fraction of sp³-hybridized carbons (Fsp3) is 0.345. The van der Waals surface area contributed by atoms with E-state index in [1.54, 1.807) is 48.5 Å². The number of ketones is 1. The molecule has 0 aliphatic carbocycles. The summed E-state index contributed by atoms with van der Waals surface area (Å²) in [6.45, 7) is 10.1. The largest absolute Gasteiger partial charge is 0.490 e. The van der Waals surface area contributed by atoms with Gasteiger partial charge in [0.2, 0.25) is 0 Å². The van der Waals surface area contributed by atoms with E-state index in [0.29, 0.717) is 22.6 Å². The van der Waals surface area contributed by atoms with E-state index in [2.05, 4.69) is 13.2 Å². The molecule has 0 fully saturated rings.